The molecule has 104 valence electrons. The zero-order chi connectivity index (χ0) is 14.7. The number of benzene rings is 2. The van der Waals surface area contributed by atoms with E-state index in [1.165, 1.54) is 0 Å². The molecule has 0 saturated carbocycles. The van der Waals surface area contributed by atoms with Gasteiger partial charge in [-0.05, 0) is 29.8 Å². The highest BCUT2D eigenvalue weighted by Crippen LogP contribution is 2.28. The van der Waals surface area contributed by atoms with Gasteiger partial charge in [0.25, 0.3) is 0 Å². The molecular weight excluding hydrogens is 276 g/mol. The topological polar surface area (TPSA) is 66.6 Å². The fourth-order valence-electron chi connectivity index (χ4n) is 2.15. The van der Waals surface area contributed by atoms with Crippen molar-refractivity contribution in [1.29, 1.82) is 0 Å². The summed E-state index contributed by atoms with van der Waals surface area (Å²) in [7, 11) is 1.80. The van der Waals surface area contributed by atoms with E-state index < -0.39 is 5.97 Å². The average Bonchev–Trinajstić information content (AvgIpc) is 2.38. The quantitative estimate of drug-likeness (QED) is 0.848. The van der Waals surface area contributed by atoms with E-state index in [-0.39, 0.29) is 5.56 Å². The highest BCUT2D eigenvalue weighted by Gasteiger charge is 2.16. The maximum Gasteiger partial charge on any atom is 0.337 e. The molecule has 0 fully saturated rings. The standard InChI is InChI=1S/C15H15ClN2O2/c1-18(9-10-4-2-5-11(16)8-10)14-12(15(19)20)6-3-7-13(14)17/h2-8H,9,17H2,1H3,(H,19,20). The summed E-state index contributed by atoms with van der Waals surface area (Å²) in [5, 5.41) is 9.89. The van der Waals surface area contributed by atoms with Gasteiger partial charge in [0, 0.05) is 18.6 Å². The van der Waals surface area contributed by atoms with E-state index >= 15 is 0 Å². The number of halogens is 1. The molecule has 4 nitrogen and oxygen atoms in total. The summed E-state index contributed by atoms with van der Waals surface area (Å²) in [6.45, 7) is 0.523. The zero-order valence-electron chi connectivity index (χ0n) is 11.0. The van der Waals surface area contributed by atoms with Crippen molar-refractivity contribution in [3.63, 3.8) is 0 Å². The number of hydrogen-bond acceptors (Lipinski definition) is 3. The fraction of sp³-hybridized carbons (Fsp3) is 0.133. The first-order valence-corrected chi connectivity index (χ1v) is 6.44. The number of carboxylic acids is 1. The second-order valence-corrected chi connectivity index (χ2v) is 4.97. The molecule has 2 aromatic carbocycles. The summed E-state index contributed by atoms with van der Waals surface area (Å²) >= 11 is 5.95. The Balaban J connectivity index is 2.34. The molecule has 5 heteroatoms. The second-order valence-electron chi connectivity index (χ2n) is 4.53. The van der Waals surface area contributed by atoms with Crippen molar-refractivity contribution in [2.45, 2.75) is 6.54 Å². The smallest absolute Gasteiger partial charge is 0.337 e. The largest absolute Gasteiger partial charge is 0.478 e. The molecule has 0 unspecified atom stereocenters. The molecule has 3 N–H and O–H groups in total. The summed E-state index contributed by atoms with van der Waals surface area (Å²) < 4.78 is 0. The van der Waals surface area contributed by atoms with Crippen LogP contribution in [-0.4, -0.2) is 18.1 Å². The number of hydrogen-bond donors (Lipinski definition) is 2. The van der Waals surface area contributed by atoms with Crippen LogP contribution in [0.25, 0.3) is 0 Å². The maximum atomic E-state index is 11.3. The van der Waals surface area contributed by atoms with Crippen molar-refractivity contribution < 1.29 is 9.90 Å². The summed E-state index contributed by atoms with van der Waals surface area (Å²) in [6, 6.07) is 12.3. The van der Waals surface area contributed by atoms with Crippen LogP contribution >= 0.6 is 11.6 Å². The minimum absolute atomic E-state index is 0.189. The van der Waals surface area contributed by atoms with Crippen molar-refractivity contribution in [2.75, 3.05) is 17.7 Å². The van der Waals surface area contributed by atoms with Crippen LogP contribution in [0, 0.1) is 0 Å². The number of nitrogen functional groups attached to an aromatic ring is 1. The lowest BCUT2D eigenvalue weighted by Gasteiger charge is -2.23. The van der Waals surface area contributed by atoms with E-state index in [0.29, 0.717) is 22.9 Å². The van der Waals surface area contributed by atoms with E-state index in [2.05, 4.69) is 0 Å². The second kappa shape index (κ2) is 5.84. The van der Waals surface area contributed by atoms with Crippen LogP contribution in [0.5, 0.6) is 0 Å². The summed E-state index contributed by atoms with van der Waals surface area (Å²) in [6.07, 6.45) is 0. The molecule has 2 aromatic rings. The molecule has 0 radical (unpaired) electrons. The third kappa shape index (κ3) is 3.03. The molecule has 0 aromatic heterocycles. The van der Waals surface area contributed by atoms with Gasteiger partial charge in [0.1, 0.15) is 0 Å². The molecule has 0 bridgehead atoms. The first kappa shape index (κ1) is 14.2. The van der Waals surface area contributed by atoms with Gasteiger partial charge in [-0.1, -0.05) is 29.8 Å². The zero-order valence-corrected chi connectivity index (χ0v) is 11.8. The van der Waals surface area contributed by atoms with Crippen LogP contribution in [-0.2, 0) is 6.54 Å². The van der Waals surface area contributed by atoms with Crippen molar-refractivity contribution in [2.24, 2.45) is 0 Å². The Labute approximate surface area is 122 Å². The average molecular weight is 291 g/mol. The number of anilines is 2. The number of carboxylic acid groups (broad SMARTS) is 1. The van der Waals surface area contributed by atoms with Gasteiger partial charge in [-0.25, -0.2) is 4.79 Å². The third-order valence-electron chi connectivity index (χ3n) is 2.99. The third-order valence-corrected chi connectivity index (χ3v) is 3.22. The number of carbonyl (C=O) groups is 1. The Morgan fingerprint density at radius 2 is 2.00 bits per heavy atom. The molecule has 0 spiro atoms. The molecule has 0 atom stereocenters. The Kier molecular flexibility index (Phi) is 4.15. The fourth-order valence-corrected chi connectivity index (χ4v) is 2.36. The normalized spacial score (nSPS) is 10.3. The molecule has 2 rings (SSSR count). The van der Waals surface area contributed by atoms with Crippen LogP contribution < -0.4 is 10.6 Å². The van der Waals surface area contributed by atoms with E-state index in [1.54, 1.807) is 31.3 Å². The molecule has 0 aliphatic heterocycles. The van der Waals surface area contributed by atoms with Gasteiger partial charge < -0.3 is 15.7 Å². The lowest BCUT2D eigenvalue weighted by molar-refractivity contribution is 0.0697. The van der Waals surface area contributed by atoms with Gasteiger partial charge in [-0.3, -0.25) is 0 Å². The number of nitrogens with zero attached hydrogens (tertiary/aromatic N) is 1. The first-order valence-electron chi connectivity index (χ1n) is 6.06. The van der Waals surface area contributed by atoms with Crippen molar-refractivity contribution in [1.82, 2.24) is 0 Å². The molecule has 0 heterocycles. The van der Waals surface area contributed by atoms with E-state index in [0.717, 1.165) is 5.56 Å². The van der Waals surface area contributed by atoms with Crippen LogP contribution in [0.4, 0.5) is 11.4 Å². The van der Waals surface area contributed by atoms with Crippen molar-refractivity contribution >= 4 is 28.9 Å². The molecule has 0 aliphatic carbocycles. The van der Waals surface area contributed by atoms with E-state index in [1.807, 2.05) is 23.1 Å². The minimum atomic E-state index is -0.995. The predicted octanol–water partition coefficient (Wildman–Crippen LogP) is 3.26. The lowest BCUT2D eigenvalue weighted by atomic mass is 10.1. The van der Waals surface area contributed by atoms with E-state index in [4.69, 9.17) is 17.3 Å². The van der Waals surface area contributed by atoms with Gasteiger partial charge >= 0.3 is 5.97 Å². The lowest BCUT2D eigenvalue weighted by Crippen LogP contribution is -2.20. The predicted molar refractivity (Wildman–Crippen MR) is 81.4 cm³/mol. The Morgan fingerprint density at radius 3 is 2.65 bits per heavy atom. The van der Waals surface area contributed by atoms with Gasteiger partial charge in [-0.2, -0.15) is 0 Å². The molecular formula is C15H15ClN2O2. The van der Waals surface area contributed by atoms with E-state index in [9.17, 15) is 9.90 Å². The Bertz CT molecular complexity index is 644. The highest BCUT2D eigenvalue weighted by molar-refractivity contribution is 6.30. The number of para-hydroxylation sites is 1. The van der Waals surface area contributed by atoms with Crippen LogP contribution in [0.15, 0.2) is 42.5 Å². The van der Waals surface area contributed by atoms with Gasteiger partial charge in [0.2, 0.25) is 0 Å². The minimum Gasteiger partial charge on any atom is -0.478 e. The van der Waals surface area contributed by atoms with Crippen LogP contribution in [0.2, 0.25) is 5.02 Å². The molecule has 0 saturated heterocycles. The van der Waals surface area contributed by atoms with Crippen molar-refractivity contribution in [3.8, 4) is 0 Å². The summed E-state index contributed by atoms with van der Waals surface area (Å²) in [5.41, 5.74) is 8.04. The van der Waals surface area contributed by atoms with Gasteiger partial charge in [0.15, 0.2) is 0 Å². The molecule has 0 amide bonds. The Hall–Kier alpha value is -2.20. The van der Waals surface area contributed by atoms with Crippen LogP contribution in [0.3, 0.4) is 0 Å². The van der Waals surface area contributed by atoms with Crippen molar-refractivity contribution in [3.05, 3.63) is 58.6 Å². The SMILES string of the molecule is CN(Cc1cccc(Cl)c1)c1c(N)cccc1C(=O)O. The van der Waals surface area contributed by atoms with Gasteiger partial charge in [-0.15, -0.1) is 0 Å². The maximum absolute atomic E-state index is 11.3. The number of aromatic carboxylic acids is 1. The van der Waals surface area contributed by atoms with Crippen LogP contribution in [0.1, 0.15) is 15.9 Å². The molecule has 0 aliphatic rings. The number of rotatable bonds is 4. The first-order chi connectivity index (χ1) is 9.49. The highest BCUT2D eigenvalue weighted by atomic mass is 35.5. The number of nitrogens with two attached hydrogens (primary N) is 1. The summed E-state index contributed by atoms with van der Waals surface area (Å²) in [5.74, 6) is -0.995. The monoisotopic (exact) mass is 290 g/mol. The van der Waals surface area contributed by atoms with Gasteiger partial charge in [0.05, 0.1) is 16.9 Å². The molecule has 20 heavy (non-hydrogen) atoms. The summed E-state index contributed by atoms with van der Waals surface area (Å²) in [4.78, 5) is 13.1. The Morgan fingerprint density at radius 1 is 1.30 bits per heavy atom.